The van der Waals surface area contributed by atoms with Gasteiger partial charge in [0.1, 0.15) is 11.5 Å². The van der Waals surface area contributed by atoms with Crippen LogP contribution in [-0.4, -0.2) is 29.9 Å². The van der Waals surface area contributed by atoms with Gasteiger partial charge in [0.05, 0.1) is 5.56 Å². The van der Waals surface area contributed by atoms with Crippen molar-refractivity contribution in [2.24, 2.45) is 5.73 Å². The first kappa shape index (κ1) is 16.1. The molecule has 1 aromatic heterocycles. The van der Waals surface area contributed by atoms with E-state index in [9.17, 15) is 4.79 Å². The molecule has 4 nitrogen and oxygen atoms in total. The summed E-state index contributed by atoms with van der Waals surface area (Å²) in [5.74, 6) is 1.71. The largest absolute Gasteiger partial charge is 0.466 e. The van der Waals surface area contributed by atoms with Gasteiger partial charge >= 0.3 is 0 Å². The Hall–Kier alpha value is -1.29. The molecule has 1 aliphatic carbocycles. The molecule has 118 valence electrons. The number of amides is 1. The number of nitrogens with zero attached hydrogens (tertiary/aromatic N) is 1. The van der Waals surface area contributed by atoms with Gasteiger partial charge in [-0.1, -0.05) is 19.3 Å². The highest BCUT2D eigenvalue weighted by Crippen LogP contribution is 2.27. The minimum absolute atomic E-state index is 0.127. The monoisotopic (exact) mass is 292 g/mol. The van der Waals surface area contributed by atoms with Crippen molar-refractivity contribution < 1.29 is 9.21 Å². The van der Waals surface area contributed by atoms with Gasteiger partial charge in [0, 0.05) is 18.2 Å². The van der Waals surface area contributed by atoms with E-state index in [0.29, 0.717) is 12.6 Å². The molecule has 1 aromatic rings. The van der Waals surface area contributed by atoms with Gasteiger partial charge in [-0.3, -0.25) is 4.79 Å². The van der Waals surface area contributed by atoms with Crippen LogP contribution in [0.3, 0.4) is 0 Å². The summed E-state index contributed by atoms with van der Waals surface area (Å²) < 4.78 is 5.64. The molecule has 2 N–H and O–H groups in total. The van der Waals surface area contributed by atoms with Crippen LogP contribution in [0.15, 0.2) is 4.42 Å². The molecule has 0 spiro atoms. The zero-order chi connectivity index (χ0) is 15.4. The van der Waals surface area contributed by atoms with E-state index >= 15 is 0 Å². The molecule has 0 radical (unpaired) electrons. The van der Waals surface area contributed by atoms with E-state index in [0.717, 1.165) is 48.5 Å². The van der Waals surface area contributed by atoms with E-state index in [2.05, 4.69) is 4.90 Å². The molecule has 1 amide bonds. The molecule has 1 fully saturated rings. The Morgan fingerprint density at radius 3 is 2.38 bits per heavy atom. The minimum atomic E-state index is 0.127. The van der Waals surface area contributed by atoms with Crippen LogP contribution in [0.2, 0.25) is 0 Å². The van der Waals surface area contributed by atoms with Gasteiger partial charge in [0.15, 0.2) is 0 Å². The third-order valence-electron chi connectivity index (χ3n) is 4.65. The van der Waals surface area contributed by atoms with Crippen LogP contribution >= 0.6 is 0 Å². The third-order valence-corrected chi connectivity index (χ3v) is 4.65. The molecular weight excluding hydrogens is 264 g/mol. The Bertz CT molecular complexity index is 487. The Morgan fingerprint density at radius 2 is 1.86 bits per heavy atom. The summed E-state index contributed by atoms with van der Waals surface area (Å²) in [6, 6.07) is 0.367. The second-order valence-electron chi connectivity index (χ2n) is 6.15. The number of hydrogen-bond acceptors (Lipinski definition) is 3. The Morgan fingerprint density at radius 1 is 1.19 bits per heavy atom. The van der Waals surface area contributed by atoms with Crippen molar-refractivity contribution in [2.75, 3.05) is 13.1 Å². The summed E-state index contributed by atoms with van der Waals surface area (Å²) in [7, 11) is 0. The first-order chi connectivity index (χ1) is 10.1. The third kappa shape index (κ3) is 3.49. The van der Waals surface area contributed by atoms with Crippen LogP contribution in [0.4, 0.5) is 0 Å². The molecule has 0 aromatic carbocycles. The molecule has 0 saturated heterocycles. The number of aryl methyl sites for hydroxylation is 2. The van der Waals surface area contributed by atoms with Gasteiger partial charge in [-0.15, -0.1) is 0 Å². The van der Waals surface area contributed by atoms with E-state index in [1.807, 2.05) is 20.8 Å². The number of furan rings is 1. The average molecular weight is 292 g/mol. The van der Waals surface area contributed by atoms with Gasteiger partial charge in [0.25, 0.3) is 5.91 Å². The maximum Gasteiger partial charge on any atom is 0.257 e. The maximum absolute atomic E-state index is 13.0. The van der Waals surface area contributed by atoms with Crippen LogP contribution < -0.4 is 5.73 Å². The fraction of sp³-hybridized carbons (Fsp3) is 0.706. The molecule has 21 heavy (non-hydrogen) atoms. The fourth-order valence-electron chi connectivity index (χ4n) is 3.36. The van der Waals surface area contributed by atoms with E-state index < -0.39 is 0 Å². The van der Waals surface area contributed by atoms with Gasteiger partial charge in [-0.25, -0.2) is 0 Å². The predicted octanol–water partition coefficient (Wildman–Crippen LogP) is 3.33. The van der Waals surface area contributed by atoms with E-state index in [-0.39, 0.29) is 5.91 Å². The van der Waals surface area contributed by atoms with Crippen LogP contribution in [0.25, 0.3) is 0 Å². The predicted molar refractivity (Wildman–Crippen MR) is 84.5 cm³/mol. The number of carbonyl (C=O) groups excluding carboxylic acids is 1. The smallest absolute Gasteiger partial charge is 0.257 e. The summed E-state index contributed by atoms with van der Waals surface area (Å²) in [6.45, 7) is 7.15. The lowest BCUT2D eigenvalue weighted by atomic mass is 9.93. The lowest BCUT2D eigenvalue weighted by Crippen LogP contribution is -2.43. The molecule has 0 atom stereocenters. The number of nitrogens with two attached hydrogens (primary N) is 1. The number of carbonyl (C=O) groups is 1. The van der Waals surface area contributed by atoms with Gasteiger partial charge in [0.2, 0.25) is 0 Å². The van der Waals surface area contributed by atoms with Crippen molar-refractivity contribution in [1.29, 1.82) is 0 Å². The van der Waals surface area contributed by atoms with E-state index in [1.165, 1.54) is 19.3 Å². The van der Waals surface area contributed by atoms with Crippen molar-refractivity contribution in [2.45, 2.75) is 65.3 Å². The molecule has 0 bridgehead atoms. The second-order valence-corrected chi connectivity index (χ2v) is 6.15. The molecular formula is C17H28N2O2. The van der Waals surface area contributed by atoms with Gasteiger partial charge < -0.3 is 15.1 Å². The molecule has 0 unspecified atom stereocenters. The van der Waals surface area contributed by atoms with Gasteiger partial charge in [-0.05, 0) is 46.6 Å². The number of rotatable bonds is 5. The molecule has 1 saturated carbocycles. The highest BCUT2D eigenvalue weighted by molar-refractivity contribution is 5.97. The molecule has 0 aliphatic heterocycles. The summed E-state index contributed by atoms with van der Waals surface area (Å²) in [5, 5.41) is 0. The zero-order valence-corrected chi connectivity index (χ0v) is 13.6. The molecule has 2 rings (SSSR count). The summed E-state index contributed by atoms with van der Waals surface area (Å²) in [4.78, 5) is 15.1. The molecule has 1 aliphatic rings. The first-order valence-electron chi connectivity index (χ1n) is 8.14. The first-order valence-corrected chi connectivity index (χ1v) is 8.14. The topological polar surface area (TPSA) is 59.5 Å². The second kappa shape index (κ2) is 7.12. The average Bonchev–Trinajstić information content (AvgIpc) is 2.73. The fourth-order valence-corrected chi connectivity index (χ4v) is 3.36. The van der Waals surface area contributed by atoms with E-state index in [4.69, 9.17) is 10.2 Å². The molecule has 1 heterocycles. The van der Waals surface area contributed by atoms with Crippen molar-refractivity contribution in [3.63, 3.8) is 0 Å². The Kier molecular flexibility index (Phi) is 5.45. The van der Waals surface area contributed by atoms with Gasteiger partial charge in [-0.2, -0.15) is 0 Å². The van der Waals surface area contributed by atoms with Crippen LogP contribution in [0, 0.1) is 20.8 Å². The van der Waals surface area contributed by atoms with Crippen molar-refractivity contribution in [3.05, 3.63) is 22.6 Å². The molecule has 4 heteroatoms. The lowest BCUT2D eigenvalue weighted by molar-refractivity contribution is 0.0630. The summed E-state index contributed by atoms with van der Waals surface area (Å²) in [5.41, 5.74) is 7.39. The number of hydrogen-bond donors (Lipinski definition) is 1. The maximum atomic E-state index is 13.0. The van der Waals surface area contributed by atoms with E-state index in [1.54, 1.807) is 0 Å². The van der Waals surface area contributed by atoms with Crippen molar-refractivity contribution in [3.8, 4) is 0 Å². The quantitative estimate of drug-likeness (QED) is 0.905. The standard InChI is InChI=1S/C17H28N2O2/c1-12-13(2)21-14(3)16(12)17(20)19(11-7-10-18)15-8-5-4-6-9-15/h15H,4-11,18H2,1-3H3. The van der Waals surface area contributed by atoms with Crippen LogP contribution in [0.1, 0.15) is 66.0 Å². The SMILES string of the molecule is Cc1oc(C)c(C(=O)N(CCCN)C2CCCCC2)c1C. The summed E-state index contributed by atoms with van der Waals surface area (Å²) in [6.07, 6.45) is 6.82. The Labute approximate surface area is 127 Å². The normalized spacial score (nSPS) is 16.2. The highest BCUT2D eigenvalue weighted by atomic mass is 16.3. The zero-order valence-electron chi connectivity index (χ0n) is 13.6. The summed E-state index contributed by atoms with van der Waals surface area (Å²) >= 11 is 0. The van der Waals surface area contributed by atoms with Crippen molar-refractivity contribution >= 4 is 5.91 Å². The van der Waals surface area contributed by atoms with Crippen LogP contribution in [-0.2, 0) is 0 Å². The van der Waals surface area contributed by atoms with Crippen LogP contribution in [0.5, 0.6) is 0 Å². The highest BCUT2D eigenvalue weighted by Gasteiger charge is 2.29. The van der Waals surface area contributed by atoms with Crippen molar-refractivity contribution in [1.82, 2.24) is 4.90 Å². The Balaban J connectivity index is 2.24. The minimum Gasteiger partial charge on any atom is -0.466 e. The lowest BCUT2D eigenvalue weighted by Gasteiger charge is -2.34.